The van der Waals surface area contributed by atoms with Crippen molar-refractivity contribution in [3.05, 3.63) is 52.6 Å². The van der Waals surface area contributed by atoms with Gasteiger partial charge in [0.2, 0.25) is 11.8 Å². The van der Waals surface area contributed by atoms with Crippen LogP contribution in [0.4, 0.5) is 17.1 Å². The quantitative estimate of drug-likeness (QED) is 0.604. The van der Waals surface area contributed by atoms with Crippen molar-refractivity contribution in [1.29, 1.82) is 0 Å². The van der Waals surface area contributed by atoms with Crippen molar-refractivity contribution in [3.8, 4) is 11.5 Å². The number of hydrogen-bond acceptors (Lipinski definition) is 6. The number of nitro benzene ring substituents is 1. The Hall–Kier alpha value is -3.62. The summed E-state index contributed by atoms with van der Waals surface area (Å²) in [5.41, 5.74) is 0.943. The smallest absolute Gasteiger partial charge is 0.269 e. The first-order valence-electron chi connectivity index (χ1n) is 8.50. The summed E-state index contributed by atoms with van der Waals surface area (Å²) in [7, 11) is 3.02. The summed E-state index contributed by atoms with van der Waals surface area (Å²) in [6, 6.07) is 10.7. The lowest BCUT2D eigenvalue weighted by Crippen LogP contribution is -2.28. The number of carbonyl (C=O) groups is 2. The fourth-order valence-electron chi connectivity index (χ4n) is 3.02. The molecule has 0 bridgehead atoms. The van der Waals surface area contributed by atoms with Gasteiger partial charge in [-0.2, -0.15) is 0 Å². The van der Waals surface area contributed by atoms with Crippen LogP contribution >= 0.6 is 0 Å². The van der Waals surface area contributed by atoms with Crippen LogP contribution < -0.4 is 19.7 Å². The molecule has 0 spiro atoms. The highest BCUT2D eigenvalue weighted by atomic mass is 16.6. The lowest BCUT2D eigenvalue weighted by Gasteiger charge is -2.17. The summed E-state index contributed by atoms with van der Waals surface area (Å²) >= 11 is 0. The van der Waals surface area contributed by atoms with Crippen LogP contribution in [-0.2, 0) is 9.59 Å². The maximum atomic E-state index is 12.6. The summed E-state index contributed by atoms with van der Waals surface area (Å²) in [4.78, 5) is 36.7. The third kappa shape index (κ3) is 3.88. The average molecular weight is 385 g/mol. The molecule has 146 valence electrons. The van der Waals surface area contributed by atoms with E-state index < -0.39 is 10.8 Å². The average Bonchev–Trinajstić information content (AvgIpc) is 3.10. The maximum absolute atomic E-state index is 12.6. The number of anilines is 2. The van der Waals surface area contributed by atoms with Crippen LogP contribution in [0.15, 0.2) is 42.5 Å². The third-order valence-electron chi connectivity index (χ3n) is 4.53. The van der Waals surface area contributed by atoms with Gasteiger partial charge in [0.15, 0.2) is 0 Å². The fourth-order valence-corrected chi connectivity index (χ4v) is 3.02. The molecule has 1 aliphatic heterocycles. The van der Waals surface area contributed by atoms with Gasteiger partial charge in [-0.3, -0.25) is 19.7 Å². The minimum absolute atomic E-state index is 0.0568. The molecule has 1 N–H and O–H groups in total. The second-order valence-corrected chi connectivity index (χ2v) is 6.23. The van der Waals surface area contributed by atoms with E-state index >= 15 is 0 Å². The molecule has 1 heterocycles. The van der Waals surface area contributed by atoms with Crippen molar-refractivity contribution < 1.29 is 24.0 Å². The van der Waals surface area contributed by atoms with Gasteiger partial charge >= 0.3 is 0 Å². The standard InChI is InChI=1S/C19H19N3O6/c1-27-15-7-8-16(17(10-15)28-2)20-19(24)12-9-18(23)21(11-12)13-3-5-14(6-4-13)22(25)26/h3-8,10,12H,9,11H2,1-2H3,(H,20,24)/t12-/m1/s1. The number of non-ortho nitro benzene ring substituents is 1. The highest BCUT2D eigenvalue weighted by Gasteiger charge is 2.35. The van der Waals surface area contributed by atoms with Gasteiger partial charge in [0.25, 0.3) is 5.69 Å². The van der Waals surface area contributed by atoms with E-state index in [9.17, 15) is 19.7 Å². The lowest BCUT2D eigenvalue weighted by molar-refractivity contribution is -0.384. The van der Waals surface area contributed by atoms with Crippen LogP contribution in [-0.4, -0.2) is 37.5 Å². The van der Waals surface area contributed by atoms with Crippen molar-refractivity contribution in [2.24, 2.45) is 5.92 Å². The van der Waals surface area contributed by atoms with E-state index in [2.05, 4.69) is 5.32 Å². The molecular weight excluding hydrogens is 366 g/mol. The molecule has 2 amide bonds. The Labute approximate surface area is 161 Å². The molecule has 0 saturated carbocycles. The molecule has 1 fully saturated rings. The topological polar surface area (TPSA) is 111 Å². The maximum Gasteiger partial charge on any atom is 0.269 e. The third-order valence-corrected chi connectivity index (χ3v) is 4.53. The van der Waals surface area contributed by atoms with E-state index in [-0.39, 0.29) is 30.5 Å². The van der Waals surface area contributed by atoms with Crippen LogP contribution in [0, 0.1) is 16.0 Å². The summed E-state index contributed by atoms with van der Waals surface area (Å²) < 4.78 is 10.4. The number of nitrogens with zero attached hydrogens (tertiary/aromatic N) is 2. The second kappa shape index (κ2) is 7.95. The van der Waals surface area contributed by atoms with Gasteiger partial charge in [-0.05, 0) is 24.3 Å². The van der Waals surface area contributed by atoms with Gasteiger partial charge in [-0.15, -0.1) is 0 Å². The molecule has 9 nitrogen and oxygen atoms in total. The van der Waals surface area contributed by atoms with Crippen molar-refractivity contribution in [2.75, 3.05) is 31.0 Å². The van der Waals surface area contributed by atoms with Gasteiger partial charge < -0.3 is 19.7 Å². The molecule has 0 aliphatic carbocycles. The predicted molar refractivity (Wildman–Crippen MR) is 102 cm³/mol. The van der Waals surface area contributed by atoms with Gasteiger partial charge in [-0.25, -0.2) is 0 Å². The number of amides is 2. The van der Waals surface area contributed by atoms with Crippen LogP contribution in [0.1, 0.15) is 6.42 Å². The molecular formula is C19H19N3O6. The van der Waals surface area contributed by atoms with E-state index in [4.69, 9.17) is 9.47 Å². The Morgan fingerprint density at radius 1 is 1.18 bits per heavy atom. The number of carbonyl (C=O) groups excluding carboxylic acids is 2. The van der Waals surface area contributed by atoms with E-state index in [0.717, 1.165) is 0 Å². The first-order valence-corrected chi connectivity index (χ1v) is 8.50. The van der Waals surface area contributed by atoms with Crippen molar-refractivity contribution in [2.45, 2.75) is 6.42 Å². The zero-order valence-electron chi connectivity index (χ0n) is 15.4. The Balaban J connectivity index is 1.71. The van der Waals surface area contributed by atoms with Gasteiger partial charge in [0.1, 0.15) is 11.5 Å². The number of benzene rings is 2. The summed E-state index contributed by atoms with van der Waals surface area (Å²) in [5.74, 6) is -0.0223. The first-order chi connectivity index (χ1) is 13.4. The molecule has 1 saturated heterocycles. The number of rotatable bonds is 6. The number of nitro groups is 1. The number of hydrogen-bond donors (Lipinski definition) is 1. The monoisotopic (exact) mass is 385 g/mol. The SMILES string of the molecule is COc1ccc(NC(=O)[C@@H]2CC(=O)N(c3ccc([N+](=O)[O-])cc3)C2)c(OC)c1. The first kappa shape index (κ1) is 19.2. The minimum Gasteiger partial charge on any atom is -0.497 e. The van der Waals surface area contributed by atoms with E-state index in [1.165, 1.54) is 43.4 Å². The van der Waals surface area contributed by atoms with Crippen LogP contribution in [0.2, 0.25) is 0 Å². The Morgan fingerprint density at radius 2 is 1.89 bits per heavy atom. The zero-order chi connectivity index (χ0) is 20.3. The molecule has 1 atom stereocenters. The summed E-state index contributed by atoms with van der Waals surface area (Å²) in [5, 5.41) is 13.5. The fraction of sp³-hybridized carbons (Fsp3) is 0.263. The van der Waals surface area contributed by atoms with E-state index in [0.29, 0.717) is 22.9 Å². The number of methoxy groups -OCH3 is 2. The predicted octanol–water partition coefficient (Wildman–Crippen LogP) is 2.60. The molecule has 3 rings (SSSR count). The molecule has 0 unspecified atom stereocenters. The normalized spacial score (nSPS) is 16.0. The van der Waals surface area contributed by atoms with Gasteiger partial charge in [0, 0.05) is 36.9 Å². The highest BCUT2D eigenvalue weighted by Crippen LogP contribution is 2.31. The van der Waals surface area contributed by atoms with E-state index in [1.54, 1.807) is 18.2 Å². The second-order valence-electron chi connectivity index (χ2n) is 6.23. The molecule has 28 heavy (non-hydrogen) atoms. The summed E-state index contributed by atoms with van der Waals surface area (Å²) in [6.07, 6.45) is 0.0568. The van der Waals surface area contributed by atoms with Gasteiger partial charge in [0.05, 0.1) is 30.7 Å². The zero-order valence-corrected chi connectivity index (χ0v) is 15.4. The van der Waals surface area contributed by atoms with Crippen molar-refractivity contribution in [3.63, 3.8) is 0 Å². The number of nitrogens with one attached hydrogen (secondary N) is 1. The lowest BCUT2D eigenvalue weighted by atomic mass is 10.1. The Morgan fingerprint density at radius 3 is 2.50 bits per heavy atom. The van der Waals surface area contributed by atoms with Crippen molar-refractivity contribution >= 4 is 28.9 Å². The van der Waals surface area contributed by atoms with E-state index in [1.807, 2.05) is 0 Å². The molecule has 9 heteroatoms. The Kier molecular flexibility index (Phi) is 5.44. The molecule has 1 aliphatic rings. The highest BCUT2D eigenvalue weighted by molar-refractivity contribution is 6.04. The van der Waals surface area contributed by atoms with Crippen LogP contribution in [0.5, 0.6) is 11.5 Å². The minimum atomic E-state index is -0.547. The largest absolute Gasteiger partial charge is 0.497 e. The molecule has 2 aromatic rings. The van der Waals surface area contributed by atoms with Crippen LogP contribution in [0.25, 0.3) is 0 Å². The Bertz CT molecular complexity index is 912. The molecule has 0 aromatic heterocycles. The van der Waals surface area contributed by atoms with Crippen LogP contribution in [0.3, 0.4) is 0 Å². The van der Waals surface area contributed by atoms with Crippen molar-refractivity contribution in [1.82, 2.24) is 0 Å². The summed E-state index contributed by atoms with van der Waals surface area (Å²) in [6.45, 7) is 0.195. The number of ether oxygens (including phenoxy) is 2. The van der Waals surface area contributed by atoms with Gasteiger partial charge in [-0.1, -0.05) is 0 Å². The molecule has 2 aromatic carbocycles. The molecule has 0 radical (unpaired) electrons.